The zero-order chi connectivity index (χ0) is 17.6. The normalized spacial score (nSPS) is 21.1. The Bertz CT molecular complexity index is 556. The maximum Gasteiger partial charge on any atom is 0.123 e. The average molecular weight is 300 g/mol. The highest BCUT2D eigenvalue weighted by Gasteiger charge is 2.29. The minimum atomic E-state index is 0.0202. The van der Waals surface area contributed by atoms with Crippen LogP contribution in [-0.2, 0) is 0 Å². The highest BCUT2D eigenvalue weighted by molar-refractivity contribution is 6.08. The number of hydrogen-bond donors (Lipinski definition) is 2. The first-order valence-corrected chi connectivity index (χ1v) is 7.87. The quantitative estimate of drug-likeness (QED) is 0.625. The van der Waals surface area contributed by atoms with Crippen molar-refractivity contribution in [2.75, 3.05) is 0 Å². The van der Waals surface area contributed by atoms with Gasteiger partial charge in [-0.1, -0.05) is 37.0 Å². The van der Waals surface area contributed by atoms with Crippen molar-refractivity contribution >= 4 is 7.81 Å². The number of aryl methyl sites for hydroxylation is 1. The van der Waals surface area contributed by atoms with Crippen molar-refractivity contribution in [3.05, 3.63) is 47.1 Å². The molecule has 0 amide bonds. The van der Waals surface area contributed by atoms with Gasteiger partial charge in [0.15, 0.2) is 0 Å². The Balaban J connectivity index is 0.000000593. The number of phenols is 2. The first kappa shape index (κ1) is 16.7. The topological polar surface area (TPSA) is 40.5 Å². The van der Waals surface area contributed by atoms with Crippen LogP contribution < -0.4 is 0 Å². The van der Waals surface area contributed by atoms with Gasteiger partial charge >= 0.3 is 0 Å². The number of phenolic OH excluding ortho intramolecular Hbond substituents is 2. The van der Waals surface area contributed by atoms with E-state index in [9.17, 15) is 10.2 Å². The van der Waals surface area contributed by atoms with Gasteiger partial charge in [0.25, 0.3) is 0 Å². The maximum atomic E-state index is 10.2. The SMILES string of the molecule is C=C(C)[C@@H]1CCC(C)=C[C@H]1c1c(O)cc(C)cc1O.[2H][B]CC. The van der Waals surface area contributed by atoms with Crippen LogP contribution in [0.3, 0.4) is 0 Å². The summed E-state index contributed by atoms with van der Waals surface area (Å²) in [6.07, 6.45) is 5.10. The predicted octanol–water partition coefficient (Wildman–Crippen LogP) is 4.75. The van der Waals surface area contributed by atoms with Gasteiger partial charge in [0, 0.05) is 11.5 Å². The Morgan fingerprint density at radius 1 is 1.36 bits per heavy atom. The molecule has 1 radical (unpaired) electrons. The second kappa shape index (κ2) is 8.12. The Hall–Kier alpha value is -1.64. The molecule has 2 N–H and O–H groups in total. The molecule has 0 saturated heterocycles. The van der Waals surface area contributed by atoms with E-state index in [1.54, 1.807) is 12.1 Å². The van der Waals surface area contributed by atoms with Gasteiger partial charge < -0.3 is 10.2 Å². The third kappa shape index (κ3) is 4.43. The molecule has 0 aromatic heterocycles. The molecule has 0 saturated carbocycles. The number of hydrogen-bond acceptors (Lipinski definition) is 2. The fourth-order valence-electron chi connectivity index (χ4n) is 3.01. The van der Waals surface area contributed by atoms with Crippen LogP contribution in [0.5, 0.6) is 11.5 Å². The highest BCUT2D eigenvalue weighted by Crippen LogP contribution is 2.46. The lowest BCUT2D eigenvalue weighted by Crippen LogP contribution is -2.17. The Labute approximate surface area is 137 Å². The molecule has 2 atom stereocenters. The molecule has 1 aliphatic carbocycles. The summed E-state index contributed by atoms with van der Waals surface area (Å²) in [7, 11) is 1.38. The molecule has 2 rings (SSSR count). The minimum absolute atomic E-state index is 0.0202. The maximum absolute atomic E-state index is 10.2. The zero-order valence-corrected chi connectivity index (χ0v) is 14.2. The molecule has 2 nitrogen and oxygen atoms in total. The third-order valence-corrected chi connectivity index (χ3v) is 3.99. The second-order valence-corrected chi connectivity index (χ2v) is 6.16. The van der Waals surface area contributed by atoms with Gasteiger partial charge in [0.1, 0.15) is 11.5 Å². The third-order valence-electron chi connectivity index (χ3n) is 3.99. The van der Waals surface area contributed by atoms with Crippen LogP contribution in [0.2, 0.25) is 6.32 Å². The van der Waals surface area contributed by atoms with E-state index in [4.69, 9.17) is 1.34 Å². The summed E-state index contributed by atoms with van der Waals surface area (Å²) < 4.78 is 6.33. The fourth-order valence-corrected chi connectivity index (χ4v) is 3.01. The Morgan fingerprint density at radius 2 is 1.91 bits per heavy atom. The van der Waals surface area contributed by atoms with E-state index in [0.717, 1.165) is 30.3 Å². The van der Waals surface area contributed by atoms with E-state index in [-0.39, 0.29) is 23.3 Å². The second-order valence-electron chi connectivity index (χ2n) is 6.16. The first-order chi connectivity index (χ1) is 10.8. The minimum Gasteiger partial charge on any atom is -0.507 e. The van der Waals surface area contributed by atoms with Gasteiger partial charge in [-0.2, -0.15) is 0 Å². The standard InChI is InChI=1S/C17H22O2.C2H6B/c1-10(2)13-6-5-11(3)7-14(13)17-15(18)8-12(4)9-16(17)19;1-2-3/h7-9,13-14,18-19H,1,5-6H2,2-4H3;3H,2H2,1H3/t13-,14+;/m0./s1/i;3D. The van der Waals surface area contributed by atoms with Crippen LogP contribution in [0.4, 0.5) is 0 Å². The van der Waals surface area contributed by atoms with Crippen LogP contribution in [0.15, 0.2) is 35.9 Å². The van der Waals surface area contributed by atoms with Crippen LogP contribution in [0.1, 0.15) is 50.7 Å². The van der Waals surface area contributed by atoms with Crippen molar-refractivity contribution in [1.29, 1.82) is 1.34 Å². The molecule has 0 aliphatic heterocycles. The largest absolute Gasteiger partial charge is 0.507 e. The Kier molecular flexibility index (Phi) is 6.17. The molecule has 0 fully saturated rings. The first-order valence-electron chi connectivity index (χ1n) is 8.44. The summed E-state index contributed by atoms with van der Waals surface area (Å²) in [4.78, 5) is 0. The molecule has 1 aromatic rings. The van der Waals surface area contributed by atoms with E-state index in [2.05, 4.69) is 19.6 Å². The van der Waals surface area contributed by atoms with Crippen LogP contribution in [-0.4, -0.2) is 19.4 Å². The van der Waals surface area contributed by atoms with Gasteiger partial charge in [-0.15, -0.1) is 0 Å². The van der Waals surface area contributed by atoms with Crippen molar-refractivity contribution in [2.45, 2.75) is 52.8 Å². The molecular formula is C19H28BO2. The lowest BCUT2D eigenvalue weighted by Gasteiger charge is -2.31. The molecule has 0 unspecified atom stereocenters. The molecule has 1 aliphatic rings. The molecule has 3 heteroatoms. The zero-order valence-electron chi connectivity index (χ0n) is 15.2. The molecular weight excluding hydrogens is 271 g/mol. The van der Waals surface area contributed by atoms with Gasteiger partial charge in [-0.3, -0.25) is 0 Å². The summed E-state index contributed by atoms with van der Waals surface area (Å²) in [5, 5.41) is 20.4. The van der Waals surface area contributed by atoms with E-state index in [0.29, 0.717) is 5.56 Å². The van der Waals surface area contributed by atoms with Gasteiger partial charge in [0.2, 0.25) is 0 Å². The monoisotopic (exact) mass is 300 g/mol. The van der Waals surface area contributed by atoms with Crippen LogP contribution in [0.25, 0.3) is 0 Å². The smallest absolute Gasteiger partial charge is 0.123 e. The van der Waals surface area contributed by atoms with E-state index in [1.807, 2.05) is 20.8 Å². The van der Waals surface area contributed by atoms with E-state index >= 15 is 0 Å². The van der Waals surface area contributed by atoms with Crippen molar-refractivity contribution in [3.8, 4) is 11.5 Å². The van der Waals surface area contributed by atoms with Crippen molar-refractivity contribution in [3.63, 3.8) is 0 Å². The lowest BCUT2D eigenvalue weighted by atomic mass is 9.74. The number of rotatable bonds is 3. The van der Waals surface area contributed by atoms with Crippen LogP contribution >= 0.6 is 0 Å². The number of aromatic hydroxyl groups is 2. The molecule has 1 aromatic carbocycles. The predicted molar refractivity (Wildman–Crippen MR) is 96.2 cm³/mol. The van der Waals surface area contributed by atoms with Gasteiger partial charge in [-0.05, 0) is 58.6 Å². The summed E-state index contributed by atoms with van der Waals surface area (Å²) in [5.74, 6) is 0.662. The van der Waals surface area contributed by atoms with Crippen molar-refractivity contribution in [1.82, 2.24) is 0 Å². The summed E-state index contributed by atoms with van der Waals surface area (Å²) in [5.41, 5.74) is 3.91. The molecule has 119 valence electrons. The molecule has 0 bridgehead atoms. The number of benzene rings is 1. The van der Waals surface area contributed by atoms with Crippen LogP contribution in [0, 0.1) is 12.8 Å². The average Bonchev–Trinajstić information content (AvgIpc) is 2.46. The fraction of sp³-hybridized carbons (Fsp3) is 0.474. The van der Waals surface area contributed by atoms with Crippen molar-refractivity contribution in [2.24, 2.45) is 5.92 Å². The summed E-state index contributed by atoms with van der Waals surface area (Å²) in [6, 6.07) is 3.42. The van der Waals surface area contributed by atoms with E-state index < -0.39 is 0 Å². The summed E-state index contributed by atoms with van der Waals surface area (Å²) in [6.45, 7) is 12.0. The summed E-state index contributed by atoms with van der Waals surface area (Å²) >= 11 is 0. The van der Waals surface area contributed by atoms with E-state index in [1.165, 1.54) is 13.4 Å². The molecule has 22 heavy (non-hydrogen) atoms. The number of allylic oxidation sites excluding steroid dienone is 3. The van der Waals surface area contributed by atoms with Crippen molar-refractivity contribution < 1.29 is 10.2 Å². The Morgan fingerprint density at radius 3 is 2.36 bits per heavy atom. The molecule has 0 spiro atoms. The van der Waals surface area contributed by atoms with Gasteiger partial charge in [-0.25, -0.2) is 0 Å². The molecule has 0 heterocycles. The van der Waals surface area contributed by atoms with Gasteiger partial charge in [0.05, 0.1) is 7.81 Å². The highest BCUT2D eigenvalue weighted by atomic mass is 16.3. The lowest BCUT2D eigenvalue weighted by molar-refractivity contribution is 0.406.